The largest absolute Gasteiger partial charge is 0.466 e. The molecule has 7 heteroatoms. The third kappa shape index (κ3) is 7.27. The number of ether oxygens (including phenoxy) is 2. The van der Waals surface area contributed by atoms with Gasteiger partial charge in [-0.2, -0.15) is 0 Å². The van der Waals surface area contributed by atoms with Crippen LogP contribution in [0.1, 0.15) is 41.0 Å². The summed E-state index contributed by atoms with van der Waals surface area (Å²) in [6, 6.07) is -0.959. The fourth-order valence-electron chi connectivity index (χ4n) is 1.11. The molecule has 0 aliphatic heterocycles. The molecule has 0 unspecified atom stereocenters. The molecule has 0 radical (unpaired) electrons. The predicted molar refractivity (Wildman–Crippen MR) is 72.7 cm³/mol. The number of esters is 2. The zero-order valence-corrected chi connectivity index (χ0v) is 13.0. The first-order valence-corrected chi connectivity index (χ1v) is 7.37. The maximum atomic E-state index is 12.0. The molecule has 0 aromatic carbocycles. The number of carbonyl (C=O) groups excluding carboxylic acids is 2. The Morgan fingerprint density at radius 2 is 1.68 bits per heavy atom. The Balaban J connectivity index is 4.72. The van der Waals surface area contributed by atoms with Crippen molar-refractivity contribution in [2.24, 2.45) is 0 Å². The third-order valence-electron chi connectivity index (χ3n) is 2.05. The average molecular weight is 293 g/mol. The molecule has 0 fully saturated rings. The van der Waals surface area contributed by atoms with E-state index in [9.17, 15) is 13.8 Å². The summed E-state index contributed by atoms with van der Waals surface area (Å²) in [5, 5.41) is 0. The van der Waals surface area contributed by atoms with E-state index in [4.69, 9.17) is 9.47 Å². The third-order valence-corrected chi connectivity index (χ3v) is 3.66. The lowest BCUT2D eigenvalue weighted by molar-refractivity contribution is -0.151. The molecule has 0 bridgehead atoms. The second-order valence-electron chi connectivity index (χ2n) is 4.81. The second kappa shape index (κ2) is 8.27. The van der Waals surface area contributed by atoms with Crippen LogP contribution in [-0.4, -0.2) is 40.2 Å². The fourth-order valence-corrected chi connectivity index (χ4v) is 1.90. The lowest BCUT2D eigenvalue weighted by Gasteiger charge is -2.22. The van der Waals surface area contributed by atoms with Gasteiger partial charge in [-0.1, -0.05) is 0 Å². The highest BCUT2D eigenvalue weighted by molar-refractivity contribution is 7.84. The lowest BCUT2D eigenvalue weighted by Crippen LogP contribution is -2.45. The Labute approximate surface area is 116 Å². The van der Waals surface area contributed by atoms with Crippen LogP contribution in [-0.2, 0) is 30.0 Å². The molecule has 1 N–H and O–H groups in total. The van der Waals surface area contributed by atoms with Crippen LogP contribution in [0, 0.1) is 0 Å². The minimum absolute atomic E-state index is 0.196. The molecular formula is C12H23NO5S. The van der Waals surface area contributed by atoms with Crippen LogP contribution in [0.15, 0.2) is 0 Å². The summed E-state index contributed by atoms with van der Waals surface area (Å²) in [5.41, 5.74) is 0. The summed E-state index contributed by atoms with van der Waals surface area (Å²) in [6.45, 7) is 9.07. The van der Waals surface area contributed by atoms with E-state index < -0.39 is 33.7 Å². The number of rotatable bonds is 7. The monoisotopic (exact) mass is 293 g/mol. The van der Waals surface area contributed by atoms with E-state index in [0.717, 1.165) is 0 Å². The normalized spacial score (nSPS) is 14.6. The quantitative estimate of drug-likeness (QED) is 0.706. The number of nitrogens with one attached hydrogen (secondary N) is 1. The predicted octanol–water partition coefficient (Wildman–Crippen LogP) is 0.923. The Hall–Kier alpha value is -0.950. The SMILES string of the molecule is CCOC(=O)C[C@@H](N[S@](=O)C(C)(C)C)C(=O)OCC. The Bertz CT molecular complexity index is 338. The van der Waals surface area contributed by atoms with E-state index >= 15 is 0 Å². The zero-order valence-electron chi connectivity index (χ0n) is 12.1. The molecule has 0 aliphatic carbocycles. The van der Waals surface area contributed by atoms with Crippen LogP contribution >= 0.6 is 0 Å². The highest BCUT2D eigenvalue weighted by Crippen LogP contribution is 2.11. The van der Waals surface area contributed by atoms with Gasteiger partial charge in [-0.25, -0.2) is 8.93 Å². The number of carbonyl (C=O) groups is 2. The first-order valence-electron chi connectivity index (χ1n) is 6.22. The summed E-state index contributed by atoms with van der Waals surface area (Å²) in [7, 11) is -1.47. The molecule has 2 atom stereocenters. The minimum atomic E-state index is -1.47. The zero-order chi connectivity index (χ0) is 15.1. The molecule has 0 rings (SSSR count). The second-order valence-corrected chi connectivity index (χ2v) is 6.81. The van der Waals surface area contributed by atoms with Crippen molar-refractivity contribution in [1.29, 1.82) is 0 Å². The molecule has 0 spiro atoms. The van der Waals surface area contributed by atoms with Crippen LogP contribution in [0.25, 0.3) is 0 Å². The average Bonchev–Trinajstić information content (AvgIpc) is 2.27. The fraction of sp³-hybridized carbons (Fsp3) is 0.833. The molecule has 0 saturated heterocycles. The van der Waals surface area contributed by atoms with Crippen molar-refractivity contribution in [1.82, 2.24) is 4.72 Å². The number of hydrogen-bond donors (Lipinski definition) is 1. The van der Waals surface area contributed by atoms with Crippen LogP contribution in [0.5, 0.6) is 0 Å². The van der Waals surface area contributed by atoms with E-state index in [2.05, 4.69) is 4.72 Å². The van der Waals surface area contributed by atoms with E-state index in [0.29, 0.717) is 0 Å². The first kappa shape index (κ1) is 18.0. The van der Waals surface area contributed by atoms with Crippen molar-refractivity contribution in [3.63, 3.8) is 0 Å². The topological polar surface area (TPSA) is 81.7 Å². The van der Waals surface area contributed by atoms with Gasteiger partial charge in [0.05, 0.1) is 35.4 Å². The Morgan fingerprint density at radius 1 is 1.16 bits per heavy atom. The van der Waals surface area contributed by atoms with Gasteiger partial charge in [0.25, 0.3) is 0 Å². The van der Waals surface area contributed by atoms with Crippen molar-refractivity contribution < 1.29 is 23.3 Å². The van der Waals surface area contributed by atoms with Crippen molar-refractivity contribution in [3.05, 3.63) is 0 Å². The van der Waals surface area contributed by atoms with Gasteiger partial charge in [-0.05, 0) is 34.6 Å². The molecule has 0 saturated carbocycles. The van der Waals surface area contributed by atoms with E-state index in [1.807, 2.05) is 0 Å². The van der Waals surface area contributed by atoms with Crippen LogP contribution < -0.4 is 4.72 Å². The highest BCUT2D eigenvalue weighted by Gasteiger charge is 2.29. The summed E-state index contributed by atoms with van der Waals surface area (Å²) in [6.07, 6.45) is -0.200. The van der Waals surface area contributed by atoms with Gasteiger partial charge in [0, 0.05) is 0 Å². The maximum Gasteiger partial charge on any atom is 0.324 e. The lowest BCUT2D eigenvalue weighted by atomic mass is 10.2. The van der Waals surface area contributed by atoms with Gasteiger partial charge in [0.15, 0.2) is 0 Å². The standard InChI is InChI=1S/C12H23NO5S/c1-6-17-10(14)8-9(11(15)18-7-2)13-19(16)12(3,4)5/h9,13H,6-8H2,1-5H3/t9-,19-/m1/s1. The molecule has 0 aromatic rings. The summed E-state index contributed by atoms with van der Waals surface area (Å²) < 4.78 is 23.7. The number of hydrogen-bond acceptors (Lipinski definition) is 5. The smallest absolute Gasteiger partial charge is 0.324 e. The molecule has 6 nitrogen and oxygen atoms in total. The van der Waals surface area contributed by atoms with Crippen molar-refractivity contribution in [3.8, 4) is 0 Å². The molecule has 0 amide bonds. The summed E-state index contributed by atoms with van der Waals surface area (Å²) in [5.74, 6) is -1.13. The van der Waals surface area contributed by atoms with E-state index in [-0.39, 0.29) is 19.6 Å². The van der Waals surface area contributed by atoms with Gasteiger partial charge in [-0.15, -0.1) is 0 Å². The maximum absolute atomic E-state index is 12.0. The van der Waals surface area contributed by atoms with Gasteiger partial charge in [0.1, 0.15) is 6.04 Å². The van der Waals surface area contributed by atoms with Crippen molar-refractivity contribution >= 4 is 22.9 Å². The Kier molecular flexibility index (Phi) is 7.85. The van der Waals surface area contributed by atoms with Gasteiger partial charge in [0.2, 0.25) is 0 Å². The summed E-state index contributed by atoms with van der Waals surface area (Å²) in [4.78, 5) is 23.1. The van der Waals surface area contributed by atoms with E-state index in [1.165, 1.54) is 0 Å². The first-order chi connectivity index (χ1) is 8.72. The van der Waals surface area contributed by atoms with Gasteiger partial charge in [-0.3, -0.25) is 9.59 Å². The summed E-state index contributed by atoms with van der Waals surface area (Å²) >= 11 is 0. The molecule has 19 heavy (non-hydrogen) atoms. The van der Waals surface area contributed by atoms with Gasteiger partial charge >= 0.3 is 11.9 Å². The van der Waals surface area contributed by atoms with Crippen molar-refractivity contribution in [2.45, 2.75) is 51.8 Å². The van der Waals surface area contributed by atoms with Crippen molar-refractivity contribution in [2.75, 3.05) is 13.2 Å². The van der Waals surface area contributed by atoms with E-state index in [1.54, 1.807) is 34.6 Å². The molecular weight excluding hydrogens is 270 g/mol. The molecule has 0 aromatic heterocycles. The van der Waals surface area contributed by atoms with Crippen LogP contribution in [0.3, 0.4) is 0 Å². The minimum Gasteiger partial charge on any atom is -0.466 e. The highest BCUT2D eigenvalue weighted by atomic mass is 32.2. The Morgan fingerprint density at radius 3 is 2.11 bits per heavy atom. The van der Waals surface area contributed by atoms with Gasteiger partial charge < -0.3 is 9.47 Å². The van der Waals surface area contributed by atoms with Crippen LogP contribution in [0.4, 0.5) is 0 Å². The molecule has 0 aliphatic rings. The molecule has 112 valence electrons. The van der Waals surface area contributed by atoms with Crippen LogP contribution in [0.2, 0.25) is 0 Å². The molecule has 0 heterocycles.